The maximum absolute atomic E-state index is 14.0. The van der Waals surface area contributed by atoms with Gasteiger partial charge in [0.1, 0.15) is 11.9 Å². The van der Waals surface area contributed by atoms with Crippen LogP contribution < -0.4 is 10.5 Å². The number of furan rings is 1. The zero-order chi connectivity index (χ0) is 23.8. The monoisotopic (exact) mass is 496 g/mol. The van der Waals surface area contributed by atoms with Crippen LogP contribution in [-0.4, -0.2) is 14.8 Å². The minimum absolute atomic E-state index is 0.103. The third-order valence-corrected chi connectivity index (χ3v) is 6.26. The molecule has 5 rings (SSSR count). The molecule has 2 N–H and O–H groups in total. The molecule has 2 aromatic carbocycles. The zero-order valence-corrected chi connectivity index (χ0v) is 19.5. The van der Waals surface area contributed by atoms with Gasteiger partial charge in [0.15, 0.2) is 11.4 Å². The Kier molecular flexibility index (Phi) is 5.89. The molecule has 172 valence electrons. The maximum Gasteiger partial charge on any atom is 0.205 e. The number of benzene rings is 2. The van der Waals surface area contributed by atoms with Crippen molar-refractivity contribution in [3.63, 3.8) is 0 Å². The third-order valence-electron chi connectivity index (χ3n) is 5.55. The van der Waals surface area contributed by atoms with E-state index >= 15 is 0 Å². The lowest BCUT2D eigenvalue weighted by Gasteiger charge is -2.18. The standard InChI is InChI=1S/C25H19Cl2FN4O2/c1-14(21-19(26)7-8-20(28)22(21)27)34-24-23-17(11-30-25(24)29)18(13-33-23)16-5-3-15(4-6-16)12-32-10-2-9-31-32/h2-11,13-14H,12H2,1H3,(H2,29,30)/t14-/m1/s1. The van der Waals surface area contributed by atoms with Crippen molar-refractivity contribution in [3.05, 3.63) is 94.3 Å². The Bertz CT molecular complexity index is 1470. The van der Waals surface area contributed by atoms with Crippen LogP contribution in [0.3, 0.4) is 0 Å². The molecule has 3 heterocycles. The Morgan fingerprint density at radius 3 is 2.71 bits per heavy atom. The fraction of sp³-hybridized carbons (Fsp3) is 0.120. The van der Waals surface area contributed by atoms with Crippen molar-refractivity contribution in [1.82, 2.24) is 14.8 Å². The Morgan fingerprint density at radius 1 is 1.18 bits per heavy atom. The highest BCUT2D eigenvalue weighted by molar-refractivity contribution is 6.36. The van der Waals surface area contributed by atoms with Crippen molar-refractivity contribution in [3.8, 4) is 16.9 Å². The Labute approximate surface area is 204 Å². The van der Waals surface area contributed by atoms with E-state index in [0.29, 0.717) is 17.7 Å². The van der Waals surface area contributed by atoms with Gasteiger partial charge in [0.05, 0.1) is 23.2 Å². The molecule has 0 aliphatic carbocycles. The number of nitrogens with two attached hydrogens (primary N) is 1. The molecule has 34 heavy (non-hydrogen) atoms. The number of fused-ring (bicyclic) bond motifs is 1. The molecule has 0 spiro atoms. The number of ether oxygens (including phenoxy) is 1. The van der Waals surface area contributed by atoms with E-state index in [2.05, 4.69) is 10.1 Å². The van der Waals surface area contributed by atoms with Crippen LogP contribution in [0.5, 0.6) is 5.75 Å². The molecule has 0 aliphatic rings. The molecule has 0 amide bonds. The summed E-state index contributed by atoms with van der Waals surface area (Å²) in [4.78, 5) is 4.28. The summed E-state index contributed by atoms with van der Waals surface area (Å²) in [5.74, 6) is -0.210. The van der Waals surface area contributed by atoms with Gasteiger partial charge in [-0.3, -0.25) is 4.68 Å². The molecule has 1 atom stereocenters. The number of halogens is 3. The van der Waals surface area contributed by atoms with E-state index in [1.54, 1.807) is 25.6 Å². The molecule has 0 bridgehead atoms. The summed E-state index contributed by atoms with van der Waals surface area (Å²) in [6.07, 6.45) is 6.23. The lowest BCUT2D eigenvalue weighted by atomic mass is 10.0. The van der Waals surface area contributed by atoms with Gasteiger partial charge in [0.2, 0.25) is 5.75 Å². The maximum atomic E-state index is 14.0. The van der Waals surface area contributed by atoms with Crippen LogP contribution >= 0.6 is 23.2 Å². The Morgan fingerprint density at radius 2 is 1.97 bits per heavy atom. The zero-order valence-electron chi connectivity index (χ0n) is 18.0. The molecule has 3 aromatic heterocycles. The Hall–Kier alpha value is -3.55. The molecule has 0 unspecified atom stereocenters. The van der Waals surface area contributed by atoms with Gasteiger partial charge in [-0.1, -0.05) is 47.5 Å². The lowest BCUT2D eigenvalue weighted by Crippen LogP contribution is -2.08. The van der Waals surface area contributed by atoms with Gasteiger partial charge in [-0.05, 0) is 36.2 Å². The first-order valence-electron chi connectivity index (χ1n) is 10.4. The summed E-state index contributed by atoms with van der Waals surface area (Å²) in [5.41, 5.74) is 9.76. The largest absolute Gasteiger partial charge is 0.478 e. The fourth-order valence-electron chi connectivity index (χ4n) is 3.84. The highest BCUT2D eigenvalue weighted by atomic mass is 35.5. The van der Waals surface area contributed by atoms with Crippen molar-refractivity contribution in [2.45, 2.75) is 19.6 Å². The molecule has 6 nitrogen and oxygen atoms in total. The summed E-state index contributed by atoms with van der Waals surface area (Å²) in [7, 11) is 0. The molecular weight excluding hydrogens is 478 g/mol. The third kappa shape index (κ3) is 4.08. The second-order valence-electron chi connectivity index (χ2n) is 7.78. The van der Waals surface area contributed by atoms with Crippen LogP contribution in [0, 0.1) is 5.82 Å². The minimum atomic E-state index is -0.708. The van der Waals surface area contributed by atoms with Gasteiger partial charge >= 0.3 is 0 Å². The van der Waals surface area contributed by atoms with E-state index in [1.807, 2.05) is 41.2 Å². The van der Waals surface area contributed by atoms with Gasteiger partial charge in [-0.15, -0.1) is 0 Å². The summed E-state index contributed by atoms with van der Waals surface area (Å²) in [6.45, 7) is 2.38. The van der Waals surface area contributed by atoms with Crippen LogP contribution in [-0.2, 0) is 6.54 Å². The summed E-state index contributed by atoms with van der Waals surface area (Å²) in [5, 5.41) is 5.15. The average Bonchev–Trinajstić information content (AvgIpc) is 3.49. The summed E-state index contributed by atoms with van der Waals surface area (Å²) in [6, 6.07) is 12.6. The number of nitrogens with zero attached hydrogens (tertiary/aromatic N) is 3. The van der Waals surface area contributed by atoms with Crippen LogP contribution in [0.2, 0.25) is 10.0 Å². The van der Waals surface area contributed by atoms with Crippen LogP contribution in [0.15, 0.2) is 71.7 Å². The van der Waals surface area contributed by atoms with Crippen molar-refractivity contribution >= 4 is 40.0 Å². The number of anilines is 1. The van der Waals surface area contributed by atoms with Gasteiger partial charge in [0.25, 0.3) is 0 Å². The number of aromatic nitrogens is 3. The van der Waals surface area contributed by atoms with Gasteiger partial charge in [-0.25, -0.2) is 9.37 Å². The van der Waals surface area contributed by atoms with Crippen LogP contribution in [0.4, 0.5) is 10.2 Å². The molecule has 5 aromatic rings. The predicted molar refractivity (Wildman–Crippen MR) is 131 cm³/mol. The highest BCUT2D eigenvalue weighted by Gasteiger charge is 2.23. The quantitative estimate of drug-likeness (QED) is 0.258. The van der Waals surface area contributed by atoms with Gasteiger partial charge in [0, 0.05) is 34.7 Å². The number of pyridine rings is 1. The molecule has 0 aliphatic heterocycles. The van der Waals surface area contributed by atoms with Crippen molar-refractivity contribution in [1.29, 1.82) is 0 Å². The number of rotatable bonds is 6. The van der Waals surface area contributed by atoms with E-state index in [1.165, 1.54) is 12.1 Å². The van der Waals surface area contributed by atoms with Crippen molar-refractivity contribution < 1.29 is 13.5 Å². The van der Waals surface area contributed by atoms with E-state index in [-0.39, 0.29) is 21.6 Å². The lowest BCUT2D eigenvalue weighted by molar-refractivity contribution is 0.227. The van der Waals surface area contributed by atoms with E-state index in [9.17, 15) is 4.39 Å². The normalized spacial score (nSPS) is 12.2. The summed E-state index contributed by atoms with van der Waals surface area (Å²) >= 11 is 12.4. The van der Waals surface area contributed by atoms with E-state index in [4.69, 9.17) is 38.1 Å². The first-order chi connectivity index (χ1) is 16.4. The molecule has 0 saturated carbocycles. The average molecular weight is 497 g/mol. The molecule has 0 fully saturated rings. The van der Waals surface area contributed by atoms with Crippen molar-refractivity contribution in [2.24, 2.45) is 0 Å². The van der Waals surface area contributed by atoms with Crippen LogP contribution in [0.1, 0.15) is 24.2 Å². The second kappa shape index (κ2) is 9.00. The smallest absolute Gasteiger partial charge is 0.205 e. The van der Waals surface area contributed by atoms with E-state index in [0.717, 1.165) is 22.1 Å². The topological polar surface area (TPSA) is 79.1 Å². The fourth-order valence-corrected chi connectivity index (χ4v) is 4.52. The predicted octanol–water partition coefficient (Wildman–Crippen LogP) is 6.91. The SMILES string of the molecule is C[C@@H](Oc1c(N)ncc2c(-c3ccc(Cn4cccn4)cc3)coc12)c1c(Cl)ccc(F)c1Cl. The Balaban J connectivity index is 1.47. The first-order valence-corrected chi connectivity index (χ1v) is 11.2. The number of hydrogen-bond acceptors (Lipinski definition) is 5. The number of hydrogen-bond donors (Lipinski definition) is 1. The molecule has 0 radical (unpaired) electrons. The second-order valence-corrected chi connectivity index (χ2v) is 8.57. The van der Waals surface area contributed by atoms with Crippen molar-refractivity contribution in [2.75, 3.05) is 5.73 Å². The highest BCUT2D eigenvalue weighted by Crippen LogP contribution is 2.41. The first kappa shape index (κ1) is 22.3. The molecular formula is C25H19Cl2FN4O2. The van der Waals surface area contributed by atoms with E-state index < -0.39 is 11.9 Å². The van der Waals surface area contributed by atoms with Crippen LogP contribution in [0.25, 0.3) is 22.1 Å². The molecule has 0 saturated heterocycles. The van der Waals surface area contributed by atoms with Gasteiger partial charge < -0.3 is 14.9 Å². The number of nitrogen functional groups attached to an aromatic ring is 1. The summed E-state index contributed by atoms with van der Waals surface area (Å²) < 4.78 is 27.8. The molecule has 9 heteroatoms. The minimum Gasteiger partial charge on any atom is -0.478 e. The van der Waals surface area contributed by atoms with Gasteiger partial charge in [-0.2, -0.15) is 5.10 Å².